The molecular weight excluding hydrogens is 382 g/mol. The number of rotatable bonds is 8. The predicted molar refractivity (Wildman–Crippen MR) is 114 cm³/mol. The molecule has 2 aromatic rings. The smallest absolute Gasteiger partial charge is 0.338 e. The first-order chi connectivity index (χ1) is 14.4. The van der Waals surface area contributed by atoms with Crippen LogP contribution in [0.4, 0.5) is 0 Å². The van der Waals surface area contributed by atoms with Crippen LogP contribution in [0.5, 0.6) is 5.75 Å². The summed E-state index contributed by atoms with van der Waals surface area (Å²) >= 11 is 0. The van der Waals surface area contributed by atoms with Crippen molar-refractivity contribution in [2.75, 3.05) is 26.9 Å². The summed E-state index contributed by atoms with van der Waals surface area (Å²) in [5, 5.41) is 0. The van der Waals surface area contributed by atoms with Crippen molar-refractivity contribution in [2.45, 2.75) is 39.3 Å². The highest BCUT2D eigenvalue weighted by Gasteiger charge is 2.17. The second-order valence-corrected chi connectivity index (χ2v) is 7.73. The summed E-state index contributed by atoms with van der Waals surface area (Å²) in [6.45, 7) is 5.53. The number of carbonyl (C=O) groups excluding carboxylic acids is 2. The van der Waals surface area contributed by atoms with Gasteiger partial charge >= 0.3 is 5.97 Å². The molecule has 1 heterocycles. The number of likely N-dealkylation sites (N-methyl/N-ethyl adjacent to an activating group) is 1. The van der Waals surface area contributed by atoms with Gasteiger partial charge in [0, 0.05) is 20.2 Å². The Bertz CT molecular complexity index is 872. The highest BCUT2D eigenvalue weighted by Crippen LogP contribution is 2.17. The number of esters is 1. The molecular formula is C24H29NO5. The van der Waals surface area contributed by atoms with Crippen LogP contribution in [0.25, 0.3) is 0 Å². The Hall–Kier alpha value is -2.86. The summed E-state index contributed by atoms with van der Waals surface area (Å²) in [7, 11) is 1.70. The van der Waals surface area contributed by atoms with E-state index in [1.165, 1.54) is 5.56 Å². The molecule has 1 amide bonds. The van der Waals surface area contributed by atoms with E-state index in [0.717, 1.165) is 30.6 Å². The summed E-state index contributed by atoms with van der Waals surface area (Å²) in [4.78, 5) is 26.2. The molecule has 6 heteroatoms. The van der Waals surface area contributed by atoms with Gasteiger partial charge in [0.1, 0.15) is 12.4 Å². The summed E-state index contributed by atoms with van der Waals surface area (Å²) in [5.74, 6) is -0.111. The van der Waals surface area contributed by atoms with Crippen molar-refractivity contribution in [2.24, 2.45) is 0 Å². The van der Waals surface area contributed by atoms with Crippen LogP contribution in [0.2, 0.25) is 0 Å². The number of hydrogen-bond acceptors (Lipinski definition) is 5. The molecule has 6 nitrogen and oxygen atoms in total. The maximum Gasteiger partial charge on any atom is 0.338 e. The average molecular weight is 411 g/mol. The van der Waals surface area contributed by atoms with Gasteiger partial charge in [0.2, 0.25) is 0 Å². The molecule has 160 valence electrons. The van der Waals surface area contributed by atoms with Gasteiger partial charge in [-0.3, -0.25) is 4.79 Å². The van der Waals surface area contributed by atoms with E-state index in [1.54, 1.807) is 36.2 Å². The van der Waals surface area contributed by atoms with Crippen LogP contribution >= 0.6 is 0 Å². The number of amides is 1. The minimum absolute atomic E-state index is 0.140. The Labute approximate surface area is 177 Å². The molecule has 0 radical (unpaired) electrons. The van der Waals surface area contributed by atoms with E-state index in [4.69, 9.17) is 14.2 Å². The third-order valence-electron chi connectivity index (χ3n) is 5.21. The van der Waals surface area contributed by atoms with Gasteiger partial charge in [-0.05, 0) is 62.1 Å². The standard InChI is InChI=1S/C24H29NO5/c1-17-6-7-20(18(2)13-17)14-25(3)23(26)16-30-24(27)19-8-10-21(11-9-19)29-15-22-5-4-12-28-22/h6-11,13,22H,4-5,12,14-16H2,1-3H3/t22-/m1/s1. The minimum Gasteiger partial charge on any atom is -0.491 e. The van der Waals surface area contributed by atoms with Crippen LogP contribution in [0, 0.1) is 13.8 Å². The first kappa shape index (κ1) is 21.8. The quantitative estimate of drug-likeness (QED) is 0.620. The Morgan fingerprint density at radius 2 is 1.90 bits per heavy atom. The Morgan fingerprint density at radius 1 is 1.13 bits per heavy atom. The third-order valence-corrected chi connectivity index (χ3v) is 5.21. The van der Waals surface area contributed by atoms with E-state index in [-0.39, 0.29) is 18.6 Å². The summed E-state index contributed by atoms with van der Waals surface area (Å²) < 4.78 is 16.4. The number of aryl methyl sites for hydroxylation is 2. The van der Waals surface area contributed by atoms with Crippen molar-refractivity contribution in [1.82, 2.24) is 4.90 Å². The molecule has 0 aliphatic carbocycles. The Morgan fingerprint density at radius 3 is 2.57 bits per heavy atom. The van der Waals surface area contributed by atoms with Crippen LogP contribution < -0.4 is 4.74 Å². The molecule has 0 unspecified atom stereocenters. The van der Waals surface area contributed by atoms with Crippen molar-refractivity contribution in [3.05, 3.63) is 64.7 Å². The molecule has 0 spiro atoms. The van der Waals surface area contributed by atoms with Gasteiger partial charge in [-0.15, -0.1) is 0 Å². The number of benzene rings is 2. The molecule has 1 fully saturated rings. The average Bonchev–Trinajstić information content (AvgIpc) is 3.26. The van der Waals surface area contributed by atoms with Gasteiger partial charge in [0.15, 0.2) is 6.61 Å². The van der Waals surface area contributed by atoms with E-state index in [0.29, 0.717) is 24.5 Å². The zero-order valence-electron chi connectivity index (χ0n) is 17.8. The SMILES string of the molecule is Cc1ccc(CN(C)C(=O)COC(=O)c2ccc(OC[C@H]3CCCO3)cc2)c(C)c1. The van der Waals surface area contributed by atoms with E-state index in [2.05, 4.69) is 6.07 Å². The topological polar surface area (TPSA) is 65.1 Å². The van der Waals surface area contributed by atoms with Crippen molar-refractivity contribution in [1.29, 1.82) is 0 Å². The van der Waals surface area contributed by atoms with Crippen LogP contribution in [0.1, 0.15) is 39.9 Å². The number of ether oxygens (including phenoxy) is 3. The van der Waals surface area contributed by atoms with Gasteiger partial charge in [-0.1, -0.05) is 23.8 Å². The molecule has 1 atom stereocenters. The third kappa shape index (κ3) is 6.07. The fourth-order valence-corrected chi connectivity index (χ4v) is 3.34. The van der Waals surface area contributed by atoms with Crippen LogP contribution in [-0.4, -0.2) is 49.7 Å². The highest BCUT2D eigenvalue weighted by molar-refractivity contribution is 5.91. The minimum atomic E-state index is -0.533. The van der Waals surface area contributed by atoms with Gasteiger partial charge in [-0.2, -0.15) is 0 Å². The van der Waals surface area contributed by atoms with Gasteiger partial charge in [0.05, 0.1) is 11.7 Å². The van der Waals surface area contributed by atoms with Crippen molar-refractivity contribution < 1.29 is 23.8 Å². The summed E-state index contributed by atoms with van der Waals surface area (Å²) in [5.41, 5.74) is 3.77. The summed E-state index contributed by atoms with van der Waals surface area (Å²) in [6, 6.07) is 12.8. The van der Waals surface area contributed by atoms with Crippen LogP contribution in [-0.2, 0) is 20.8 Å². The molecule has 3 rings (SSSR count). The lowest BCUT2D eigenvalue weighted by Crippen LogP contribution is -2.31. The molecule has 1 aliphatic heterocycles. The summed E-state index contributed by atoms with van der Waals surface area (Å²) in [6.07, 6.45) is 2.22. The second kappa shape index (κ2) is 10.3. The zero-order chi connectivity index (χ0) is 21.5. The van der Waals surface area contributed by atoms with E-state index in [9.17, 15) is 9.59 Å². The molecule has 1 aliphatic rings. The van der Waals surface area contributed by atoms with Crippen LogP contribution in [0.3, 0.4) is 0 Å². The molecule has 2 aromatic carbocycles. The molecule has 0 aromatic heterocycles. The molecule has 30 heavy (non-hydrogen) atoms. The highest BCUT2D eigenvalue weighted by atomic mass is 16.5. The Balaban J connectivity index is 1.45. The molecule has 0 saturated carbocycles. The predicted octanol–water partition coefficient (Wildman–Crippen LogP) is 3.68. The van der Waals surface area contributed by atoms with E-state index < -0.39 is 5.97 Å². The van der Waals surface area contributed by atoms with Crippen molar-refractivity contribution in [3.63, 3.8) is 0 Å². The fraction of sp³-hybridized carbons (Fsp3) is 0.417. The van der Waals surface area contributed by atoms with Crippen molar-refractivity contribution in [3.8, 4) is 5.75 Å². The lowest BCUT2D eigenvalue weighted by atomic mass is 10.1. The lowest BCUT2D eigenvalue weighted by Gasteiger charge is -2.18. The van der Waals surface area contributed by atoms with Gasteiger partial charge in [0.25, 0.3) is 5.91 Å². The monoisotopic (exact) mass is 411 g/mol. The molecule has 0 N–H and O–H groups in total. The Kier molecular flexibility index (Phi) is 7.46. The normalized spacial score (nSPS) is 15.6. The number of hydrogen-bond donors (Lipinski definition) is 0. The zero-order valence-corrected chi connectivity index (χ0v) is 17.8. The first-order valence-electron chi connectivity index (χ1n) is 10.2. The maximum atomic E-state index is 12.3. The van der Waals surface area contributed by atoms with E-state index in [1.807, 2.05) is 26.0 Å². The molecule has 1 saturated heterocycles. The second-order valence-electron chi connectivity index (χ2n) is 7.73. The lowest BCUT2D eigenvalue weighted by molar-refractivity contribution is -0.133. The largest absolute Gasteiger partial charge is 0.491 e. The van der Waals surface area contributed by atoms with Gasteiger partial charge in [-0.25, -0.2) is 4.79 Å². The maximum absolute atomic E-state index is 12.3. The number of nitrogens with zero attached hydrogens (tertiary/aromatic N) is 1. The van der Waals surface area contributed by atoms with Gasteiger partial charge < -0.3 is 19.1 Å². The van der Waals surface area contributed by atoms with E-state index >= 15 is 0 Å². The first-order valence-corrected chi connectivity index (χ1v) is 10.2. The fourth-order valence-electron chi connectivity index (χ4n) is 3.34. The number of carbonyl (C=O) groups is 2. The van der Waals surface area contributed by atoms with Crippen LogP contribution in [0.15, 0.2) is 42.5 Å². The van der Waals surface area contributed by atoms with Crippen molar-refractivity contribution >= 4 is 11.9 Å². The molecule has 0 bridgehead atoms.